The van der Waals surface area contributed by atoms with Crippen molar-refractivity contribution in [1.29, 1.82) is 0 Å². The summed E-state index contributed by atoms with van der Waals surface area (Å²) in [7, 11) is 3.50. The average Bonchev–Trinajstić information content (AvgIpc) is 3.08. The van der Waals surface area contributed by atoms with Gasteiger partial charge >= 0.3 is 0 Å². The first-order valence-corrected chi connectivity index (χ1v) is 11.4. The van der Waals surface area contributed by atoms with Crippen LogP contribution < -0.4 is 19.7 Å². The summed E-state index contributed by atoms with van der Waals surface area (Å²) in [5.74, 6) is -0.863. The number of nitrogens with zero attached hydrogens (tertiary/aromatic N) is 4. The molecule has 34 heavy (non-hydrogen) atoms. The smallest absolute Gasteiger partial charge is 0.264 e. The van der Waals surface area contributed by atoms with Crippen LogP contribution in [0.1, 0.15) is 24.8 Å². The number of halogens is 2. The number of alkyl halides is 2. The number of anilines is 1. The Morgan fingerprint density at radius 1 is 1.12 bits per heavy atom. The molecular formula is C25H25F2N5O2. The molecule has 0 saturated carbocycles. The number of fused-ring (bicyclic) bond motifs is 5. The highest BCUT2D eigenvalue weighted by Gasteiger charge is 2.53. The number of nitrogens with one attached hydrogen (secondary N) is 1. The second-order valence-corrected chi connectivity index (χ2v) is 9.29. The fraction of sp³-hybridized carbons (Fsp3) is 0.400. The van der Waals surface area contributed by atoms with Gasteiger partial charge in [0.2, 0.25) is 11.8 Å². The quantitative estimate of drug-likeness (QED) is 0.623. The zero-order chi connectivity index (χ0) is 23.4. The van der Waals surface area contributed by atoms with Gasteiger partial charge in [-0.2, -0.15) is 10.1 Å². The van der Waals surface area contributed by atoms with E-state index in [1.807, 2.05) is 36.2 Å². The Balaban J connectivity index is 1.26. The van der Waals surface area contributed by atoms with Gasteiger partial charge in [0.05, 0.1) is 19.3 Å². The van der Waals surface area contributed by atoms with Crippen molar-refractivity contribution in [2.75, 3.05) is 19.1 Å². The molecule has 1 N–H and O–H groups in total. The van der Waals surface area contributed by atoms with Gasteiger partial charge in [-0.25, -0.2) is 8.78 Å². The number of benzene rings is 1. The monoisotopic (exact) mass is 465 g/mol. The Bertz CT molecular complexity index is 1250. The van der Waals surface area contributed by atoms with E-state index in [4.69, 9.17) is 14.5 Å². The molecule has 2 bridgehead atoms. The molecule has 0 radical (unpaired) electrons. The molecule has 3 aliphatic heterocycles. The molecule has 1 aromatic carbocycles. The summed E-state index contributed by atoms with van der Waals surface area (Å²) < 4.78 is 39.5. The van der Waals surface area contributed by atoms with Gasteiger partial charge in [-0.3, -0.25) is 0 Å². The molecule has 0 amide bonds. The standard InChI is InChI=1S/C25H25F2N5O2/c1-32(18-9-17-11-25(26,27)21(10-18)29-17)22-6-5-20-19-4-3-14(7-16(19)13-34-24(20)30-22)15-8-23(33-2)31-28-12-15/h3-8,12,17-18,21,29H,9-11,13H2,1-2H3. The Morgan fingerprint density at radius 2 is 1.97 bits per heavy atom. The van der Waals surface area contributed by atoms with Gasteiger partial charge in [-0.05, 0) is 47.7 Å². The van der Waals surface area contributed by atoms with E-state index in [0.717, 1.165) is 33.6 Å². The van der Waals surface area contributed by atoms with Crippen LogP contribution in [0.2, 0.25) is 0 Å². The first kappa shape index (κ1) is 21.2. The van der Waals surface area contributed by atoms with Crippen LogP contribution in [0, 0.1) is 0 Å². The second-order valence-electron chi connectivity index (χ2n) is 9.29. The first-order valence-electron chi connectivity index (χ1n) is 11.4. The van der Waals surface area contributed by atoms with Crippen LogP contribution in [-0.4, -0.2) is 53.4 Å². The lowest BCUT2D eigenvalue weighted by molar-refractivity contribution is -0.0128. The predicted molar refractivity (Wildman–Crippen MR) is 123 cm³/mol. The highest BCUT2D eigenvalue weighted by Crippen LogP contribution is 2.42. The molecule has 9 heteroatoms. The fourth-order valence-corrected chi connectivity index (χ4v) is 5.38. The van der Waals surface area contributed by atoms with E-state index in [-0.39, 0.29) is 18.5 Å². The van der Waals surface area contributed by atoms with Crippen LogP contribution in [0.25, 0.3) is 22.3 Å². The van der Waals surface area contributed by atoms with Gasteiger partial charge in [0.25, 0.3) is 5.92 Å². The fourth-order valence-electron chi connectivity index (χ4n) is 5.38. The van der Waals surface area contributed by atoms with Crippen molar-refractivity contribution in [1.82, 2.24) is 20.5 Å². The summed E-state index contributed by atoms with van der Waals surface area (Å²) >= 11 is 0. The van der Waals surface area contributed by atoms with Crippen molar-refractivity contribution in [3.05, 3.63) is 48.2 Å². The zero-order valence-electron chi connectivity index (χ0n) is 19.0. The van der Waals surface area contributed by atoms with Crippen molar-refractivity contribution < 1.29 is 18.3 Å². The lowest BCUT2D eigenvalue weighted by atomic mass is 9.95. The molecule has 0 aliphatic carbocycles. The Hall–Kier alpha value is -3.33. The van der Waals surface area contributed by atoms with E-state index >= 15 is 0 Å². The topological polar surface area (TPSA) is 72.4 Å². The first-order chi connectivity index (χ1) is 16.4. The van der Waals surface area contributed by atoms with Crippen LogP contribution in [0.3, 0.4) is 0 Å². The molecule has 5 heterocycles. The molecule has 2 aromatic heterocycles. The summed E-state index contributed by atoms with van der Waals surface area (Å²) in [5.41, 5.74) is 4.96. The van der Waals surface area contributed by atoms with E-state index in [0.29, 0.717) is 31.2 Å². The summed E-state index contributed by atoms with van der Waals surface area (Å²) in [6.07, 6.45) is 2.71. The van der Waals surface area contributed by atoms with Gasteiger partial charge in [0, 0.05) is 42.7 Å². The van der Waals surface area contributed by atoms with E-state index in [1.165, 1.54) is 0 Å². The third kappa shape index (κ3) is 3.55. The summed E-state index contributed by atoms with van der Waals surface area (Å²) in [4.78, 5) is 6.78. The van der Waals surface area contributed by atoms with Crippen LogP contribution in [-0.2, 0) is 6.61 Å². The largest absolute Gasteiger partial charge is 0.480 e. The maximum absolute atomic E-state index is 14.1. The molecule has 3 unspecified atom stereocenters. The van der Waals surface area contributed by atoms with Gasteiger partial charge in [-0.1, -0.05) is 12.1 Å². The molecule has 7 nitrogen and oxygen atoms in total. The number of aromatic nitrogens is 3. The lowest BCUT2D eigenvalue weighted by Gasteiger charge is -2.36. The van der Waals surface area contributed by atoms with Gasteiger partial charge in [-0.15, -0.1) is 5.10 Å². The maximum Gasteiger partial charge on any atom is 0.264 e. The van der Waals surface area contributed by atoms with E-state index in [1.54, 1.807) is 13.3 Å². The molecule has 2 saturated heterocycles. The molecule has 176 valence electrons. The van der Waals surface area contributed by atoms with E-state index in [9.17, 15) is 8.78 Å². The van der Waals surface area contributed by atoms with Gasteiger partial charge in [0.15, 0.2) is 0 Å². The van der Waals surface area contributed by atoms with Gasteiger partial charge in [0.1, 0.15) is 12.4 Å². The van der Waals surface area contributed by atoms with Crippen LogP contribution in [0.15, 0.2) is 42.6 Å². The van der Waals surface area contributed by atoms with Gasteiger partial charge < -0.3 is 19.7 Å². The normalized spacial score (nSPS) is 24.1. The van der Waals surface area contributed by atoms with E-state index < -0.39 is 12.0 Å². The average molecular weight is 466 g/mol. The van der Waals surface area contributed by atoms with Crippen molar-refractivity contribution in [3.8, 4) is 34.0 Å². The Morgan fingerprint density at radius 3 is 2.79 bits per heavy atom. The minimum absolute atomic E-state index is 0.0135. The molecule has 3 aliphatic rings. The van der Waals surface area contributed by atoms with Crippen molar-refractivity contribution in [2.24, 2.45) is 0 Å². The SMILES string of the molecule is COc1cc(-c2ccc3c(c2)COc2nc(N(C)C4CC5CC(F)(F)C(C4)N5)ccc2-3)cnn1. The van der Waals surface area contributed by atoms with Crippen molar-refractivity contribution >= 4 is 5.82 Å². The summed E-state index contributed by atoms with van der Waals surface area (Å²) in [6, 6.07) is 11.1. The number of methoxy groups -OCH3 is 1. The third-order valence-corrected chi connectivity index (χ3v) is 7.22. The summed E-state index contributed by atoms with van der Waals surface area (Å²) in [6.45, 7) is 0.399. The number of rotatable bonds is 4. The molecule has 0 spiro atoms. The lowest BCUT2D eigenvalue weighted by Crippen LogP contribution is -2.49. The highest BCUT2D eigenvalue weighted by atomic mass is 19.3. The maximum atomic E-state index is 14.1. The minimum atomic E-state index is -2.63. The highest BCUT2D eigenvalue weighted by molar-refractivity contribution is 5.78. The zero-order valence-corrected chi connectivity index (χ0v) is 19.0. The van der Waals surface area contributed by atoms with E-state index in [2.05, 4.69) is 27.6 Å². The number of pyridine rings is 1. The Labute approximate surface area is 196 Å². The Kier molecular flexibility index (Phi) is 4.91. The number of hydrogen-bond donors (Lipinski definition) is 1. The summed E-state index contributed by atoms with van der Waals surface area (Å²) in [5, 5.41) is 11.0. The predicted octanol–water partition coefficient (Wildman–Crippen LogP) is 4.07. The molecule has 3 aromatic rings. The number of hydrogen-bond acceptors (Lipinski definition) is 7. The van der Waals surface area contributed by atoms with Crippen LogP contribution in [0.4, 0.5) is 14.6 Å². The molecule has 6 rings (SSSR count). The number of piperidine rings is 1. The number of ether oxygens (including phenoxy) is 2. The minimum Gasteiger partial charge on any atom is -0.480 e. The molecular weight excluding hydrogens is 440 g/mol. The van der Waals surface area contributed by atoms with Crippen molar-refractivity contribution in [2.45, 2.75) is 49.9 Å². The van der Waals surface area contributed by atoms with Crippen molar-refractivity contribution in [3.63, 3.8) is 0 Å². The molecule has 2 fully saturated rings. The second kappa shape index (κ2) is 7.87. The van der Waals surface area contributed by atoms with Crippen LogP contribution >= 0.6 is 0 Å². The van der Waals surface area contributed by atoms with Crippen LogP contribution in [0.5, 0.6) is 11.8 Å². The third-order valence-electron chi connectivity index (χ3n) is 7.22. The molecule has 3 atom stereocenters.